The van der Waals surface area contributed by atoms with Gasteiger partial charge in [-0.05, 0) is 89.4 Å². The SMILES string of the molecule is CC(C)C[C@@H](NC(=O)OC(C)(C)C)C(=O)N1C[C@@H]2CC[C@@H](NC(=O)C(C3CCCCC3)C3CCCCC3)[C@@H]2C1. The first-order valence-electron chi connectivity index (χ1n) is 16.1. The van der Waals surface area contributed by atoms with Crippen molar-refractivity contribution in [2.75, 3.05) is 13.1 Å². The van der Waals surface area contributed by atoms with E-state index in [1.54, 1.807) is 0 Å². The maximum Gasteiger partial charge on any atom is 0.408 e. The van der Waals surface area contributed by atoms with E-state index < -0.39 is 17.7 Å². The van der Waals surface area contributed by atoms with Gasteiger partial charge in [0.05, 0.1) is 0 Å². The van der Waals surface area contributed by atoms with Crippen molar-refractivity contribution in [3.63, 3.8) is 0 Å². The van der Waals surface area contributed by atoms with Gasteiger partial charge in [-0.3, -0.25) is 9.59 Å². The lowest BCUT2D eigenvalue weighted by molar-refractivity contribution is -0.133. The van der Waals surface area contributed by atoms with Crippen LogP contribution < -0.4 is 10.6 Å². The van der Waals surface area contributed by atoms with Crippen LogP contribution in [0.15, 0.2) is 0 Å². The third-order valence-corrected chi connectivity index (χ3v) is 9.81. The summed E-state index contributed by atoms with van der Waals surface area (Å²) in [5.74, 6) is 2.51. The summed E-state index contributed by atoms with van der Waals surface area (Å²) in [4.78, 5) is 42.0. The molecular formula is C32H55N3O4. The number of carbonyl (C=O) groups excluding carboxylic acids is 3. The predicted octanol–water partition coefficient (Wildman–Crippen LogP) is 6.06. The van der Waals surface area contributed by atoms with E-state index in [1.807, 2.05) is 25.7 Å². The summed E-state index contributed by atoms with van der Waals surface area (Å²) in [7, 11) is 0. The van der Waals surface area contributed by atoms with E-state index in [4.69, 9.17) is 4.74 Å². The highest BCUT2D eigenvalue weighted by molar-refractivity contribution is 5.86. The number of amides is 3. The first-order chi connectivity index (χ1) is 18.5. The molecule has 4 aliphatic rings. The van der Waals surface area contributed by atoms with Crippen LogP contribution in [0.3, 0.4) is 0 Å². The van der Waals surface area contributed by atoms with E-state index in [9.17, 15) is 14.4 Å². The Morgan fingerprint density at radius 3 is 1.97 bits per heavy atom. The Kier molecular flexibility index (Phi) is 10.3. The quantitative estimate of drug-likeness (QED) is 0.388. The molecular weight excluding hydrogens is 490 g/mol. The number of likely N-dealkylation sites (tertiary alicyclic amines) is 1. The molecule has 1 heterocycles. The molecule has 4 rings (SSSR count). The van der Waals surface area contributed by atoms with Crippen LogP contribution in [-0.4, -0.2) is 53.6 Å². The summed E-state index contributed by atoms with van der Waals surface area (Å²) >= 11 is 0. The van der Waals surface area contributed by atoms with E-state index >= 15 is 0 Å². The Morgan fingerprint density at radius 2 is 1.44 bits per heavy atom. The van der Waals surface area contributed by atoms with Crippen molar-refractivity contribution in [1.82, 2.24) is 15.5 Å². The number of fused-ring (bicyclic) bond motifs is 1. The van der Waals surface area contributed by atoms with Gasteiger partial charge < -0.3 is 20.3 Å². The minimum Gasteiger partial charge on any atom is -0.444 e. The summed E-state index contributed by atoms with van der Waals surface area (Å²) < 4.78 is 5.45. The Hall–Kier alpha value is -1.79. The first kappa shape index (κ1) is 30.2. The summed E-state index contributed by atoms with van der Waals surface area (Å²) in [6.45, 7) is 11.0. The van der Waals surface area contributed by atoms with Crippen LogP contribution >= 0.6 is 0 Å². The number of rotatable bonds is 8. The fraction of sp³-hybridized carbons (Fsp3) is 0.906. The molecule has 0 aromatic heterocycles. The zero-order chi connectivity index (χ0) is 28.2. The van der Waals surface area contributed by atoms with Crippen LogP contribution in [0, 0.1) is 35.5 Å². The average molecular weight is 546 g/mol. The lowest BCUT2D eigenvalue weighted by Gasteiger charge is -2.38. The van der Waals surface area contributed by atoms with Crippen molar-refractivity contribution in [3.05, 3.63) is 0 Å². The molecule has 7 heteroatoms. The highest BCUT2D eigenvalue weighted by atomic mass is 16.6. The van der Waals surface area contributed by atoms with Crippen molar-refractivity contribution in [2.24, 2.45) is 35.5 Å². The first-order valence-corrected chi connectivity index (χ1v) is 16.1. The number of alkyl carbamates (subject to hydrolysis) is 1. The number of hydrogen-bond acceptors (Lipinski definition) is 4. The van der Waals surface area contributed by atoms with Gasteiger partial charge in [0.1, 0.15) is 11.6 Å². The number of nitrogens with zero attached hydrogens (tertiary/aromatic N) is 1. The van der Waals surface area contributed by atoms with Gasteiger partial charge in [0.15, 0.2) is 0 Å². The van der Waals surface area contributed by atoms with Crippen molar-refractivity contribution in [3.8, 4) is 0 Å². The predicted molar refractivity (Wildman–Crippen MR) is 154 cm³/mol. The molecule has 2 N–H and O–H groups in total. The topological polar surface area (TPSA) is 87.7 Å². The van der Waals surface area contributed by atoms with Crippen LogP contribution in [0.4, 0.5) is 4.79 Å². The minimum absolute atomic E-state index is 0.0173. The minimum atomic E-state index is -0.612. The van der Waals surface area contributed by atoms with E-state index in [1.165, 1.54) is 64.2 Å². The van der Waals surface area contributed by atoms with Crippen LogP contribution in [0.1, 0.15) is 118 Å². The Balaban J connectivity index is 1.38. The number of nitrogens with one attached hydrogen (secondary N) is 2. The molecule has 0 bridgehead atoms. The second-order valence-corrected chi connectivity index (χ2v) is 14.5. The summed E-state index contributed by atoms with van der Waals surface area (Å²) in [5.41, 5.74) is -0.612. The maximum atomic E-state index is 13.9. The smallest absolute Gasteiger partial charge is 0.408 e. The van der Waals surface area contributed by atoms with Crippen LogP contribution in [-0.2, 0) is 14.3 Å². The molecule has 0 radical (unpaired) electrons. The fourth-order valence-electron chi connectivity index (χ4n) is 8.07. The molecule has 4 fully saturated rings. The highest BCUT2D eigenvalue weighted by Gasteiger charge is 2.47. The van der Waals surface area contributed by atoms with Crippen LogP contribution in [0.5, 0.6) is 0 Å². The molecule has 222 valence electrons. The molecule has 0 spiro atoms. The Bertz CT molecular complexity index is 823. The summed E-state index contributed by atoms with van der Waals surface area (Å²) in [6, 6.07) is -0.439. The van der Waals surface area contributed by atoms with Gasteiger partial charge in [-0.1, -0.05) is 52.4 Å². The summed E-state index contributed by atoms with van der Waals surface area (Å²) in [6.07, 6.45) is 14.6. The molecule has 0 unspecified atom stereocenters. The summed E-state index contributed by atoms with van der Waals surface area (Å²) in [5, 5.41) is 6.41. The zero-order valence-electron chi connectivity index (χ0n) is 25.3. The third kappa shape index (κ3) is 8.13. The molecule has 3 aliphatic carbocycles. The van der Waals surface area contributed by atoms with Gasteiger partial charge in [0.25, 0.3) is 0 Å². The van der Waals surface area contributed by atoms with E-state index in [2.05, 4.69) is 24.5 Å². The molecule has 3 amide bonds. The van der Waals surface area contributed by atoms with Crippen molar-refractivity contribution in [2.45, 2.75) is 136 Å². The Morgan fingerprint density at radius 1 is 0.846 bits per heavy atom. The number of hydrogen-bond donors (Lipinski definition) is 2. The average Bonchev–Trinajstić information content (AvgIpc) is 3.45. The second kappa shape index (κ2) is 13.2. The molecule has 4 atom stereocenters. The monoisotopic (exact) mass is 545 g/mol. The molecule has 0 aromatic carbocycles. The third-order valence-electron chi connectivity index (χ3n) is 9.81. The highest BCUT2D eigenvalue weighted by Crippen LogP contribution is 2.42. The lowest BCUT2D eigenvalue weighted by atomic mass is 9.69. The standard InChI is InChI=1S/C32H55N3O4/c1-21(2)18-27(34-31(38)39-32(3,4)5)30(37)35-19-24-16-17-26(25(24)20-35)33-29(36)28(22-12-8-6-9-13-22)23-14-10-7-11-15-23/h21-28H,6-20H2,1-5H3,(H,33,36)(H,34,38)/t24-,25+,26+,27+/m0/s1. The van der Waals surface area contributed by atoms with Crippen molar-refractivity contribution in [1.29, 1.82) is 0 Å². The largest absolute Gasteiger partial charge is 0.444 e. The number of ether oxygens (including phenoxy) is 1. The molecule has 1 saturated heterocycles. The van der Waals surface area contributed by atoms with Gasteiger partial charge in [-0.15, -0.1) is 0 Å². The zero-order valence-corrected chi connectivity index (χ0v) is 25.3. The van der Waals surface area contributed by atoms with Gasteiger partial charge in [-0.2, -0.15) is 0 Å². The van der Waals surface area contributed by atoms with Gasteiger partial charge in [0.2, 0.25) is 11.8 Å². The van der Waals surface area contributed by atoms with Crippen LogP contribution in [0.25, 0.3) is 0 Å². The molecule has 0 aromatic rings. The van der Waals surface area contributed by atoms with E-state index in [-0.39, 0.29) is 23.8 Å². The van der Waals surface area contributed by atoms with Gasteiger partial charge in [0, 0.05) is 31.0 Å². The maximum absolute atomic E-state index is 13.9. The van der Waals surface area contributed by atoms with Crippen LogP contribution in [0.2, 0.25) is 0 Å². The fourth-order valence-corrected chi connectivity index (χ4v) is 8.07. The number of carbonyl (C=O) groups is 3. The Labute approximate surface area is 236 Å². The van der Waals surface area contributed by atoms with E-state index in [0.29, 0.717) is 42.5 Å². The second-order valence-electron chi connectivity index (χ2n) is 14.5. The molecule has 1 aliphatic heterocycles. The van der Waals surface area contributed by atoms with Gasteiger partial charge in [-0.25, -0.2) is 4.79 Å². The lowest BCUT2D eigenvalue weighted by Crippen LogP contribution is -2.50. The molecule has 39 heavy (non-hydrogen) atoms. The normalized spacial score (nSPS) is 27.5. The van der Waals surface area contributed by atoms with Crippen molar-refractivity contribution < 1.29 is 19.1 Å². The van der Waals surface area contributed by atoms with Crippen molar-refractivity contribution >= 4 is 17.9 Å². The molecule has 7 nitrogen and oxygen atoms in total. The van der Waals surface area contributed by atoms with Gasteiger partial charge >= 0.3 is 6.09 Å². The molecule has 3 saturated carbocycles. The van der Waals surface area contributed by atoms with E-state index in [0.717, 1.165) is 19.4 Å².